The minimum absolute atomic E-state index is 0.00744. The second-order valence-electron chi connectivity index (χ2n) is 15.1. The lowest BCUT2D eigenvalue weighted by Crippen LogP contribution is -2.59. The van der Waals surface area contributed by atoms with Gasteiger partial charge in [0.05, 0.1) is 37.7 Å². The van der Waals surface area contributed by atoms with Gasteiger partial charge in [-0.3, -0.25) is 58.2 Å². The number of aromatic amines is 1. The lowest BCUT2D eigenvalue weighted by molar-refractivity contribution is -0.144. The lowest BCUT2D eigenvalue weighted by atomic mass is 10.1. The van der Waals surface area contributed by atoms with Gasteiger partial charge in [-0.05, 0) is 50.1 Å². The number of carboxylic acid groups (broad SMARTS) is 4. The van der Waals surface area contributed by atoms with Crippen molar-refractivity contribution in [1.29, 1.82) is 0 Å². The summed E-state index contributed by atoms with van der Waals surface area (Å²) in [5.74, 6) is -13.3. The molecule has 0 radical (unpaired) electrons. The number of aromatic nitrogens is 4. The molecule has 0 aliphatic carbocycles. The van der Waals surface area contributed by atoms with Crippen molar-refractivity contribution in [2.24, 2.45) is 11.5 Å². The summed E-state index contributed by atoms with van der Waals surface area (Å²) in [6.07, 6.45) is -3.36. The number of nitrogen functional groups attached to an aromatic ring is 1. The zero-order chi connectivity index (χ0) is 52.1. The number of anilines is 2. The summed E-state index contributed by atoms with van der Waals surface area (Å²) in [5, 5.41) is 56.6. The molecule has 0 saturated heterocycles. The van der Waals surface area contributed by atoms with Gasteiger partial charge in [0.1, 0.15) is 36.5 Å². The Morgan fingerprint density at radius 2 is 1.21 bits per heavy atom. The summed E-state index contributed by atoms with van der Waals surface area (Å²) in [4.78, 5) is 152. The van der Waals surface area contributed by atoms with E-state index in [1.807, 2.05) is 10.6 Å². The Bertz CT molecular complexity index is 2460. The largest absolute Gasteiger partial charge is 0.481 e. The fourth-order valence-corrected chi connectivity index (χ4v) is 6.33. The molecular formula is C39H53N15O15S. The third-order valence-electron chi connectivity index (χ3n) is 9.51. The summed E-state index contributed by atoms with van der Waals surface area (Å²) < 4.78 is 0. The molecule has 2 heterocycles. The predicted molar refractivity (Wildman–Crippen MR) is 245 cm³/mol. The molecular weight excluding hydrogens is 951 g/mol. The second kappa shape index (κ2) is 27.7. The molecule has 0 unspecified atom stereocenters. The van der Waals surface area contributed by atoms with Gasteiger partial charge in [-0.2, -0.15) is 17.6 Å². The zero-order valence-electron chi connectivity index (χ0n) is 36.9. The molecule has 380 valence electrons. The Kier molecular flexibility index (Phi) is 22.3. The number of hydrogen-bond donors (Lipinski definition) is 17. The number of benzene rings is 1. The van der Waals surface area contributed by atoms with Crippen molar-refractivity contribution >= 4 is 94.7 Å². The van der Waals surface area contributed by atoms with Crippen LogP contribution in [0.4, 0.5) is 11.6 Å². The molecule has 3 aromatic rings. The van der Waals surface area contributed by atoms with Crippen LogP contribution < -0.4 is 65.3 Å². The average molecular weight is 1000 g/mol. The number of aliphatic carboxylic acids is 4. The number of nitrogens with two attached hydrogens (primary N) is 3. The number of fused-ring (bicyclic) bond motifs is 1. The standard InChI is InChI=1S/C39H53N15O15S/c40-38(41)44-10-1-3-20(32(63)50-22(12-27(58)59)34(65)51-23(13-28(60)61)35(66)52-24(16-70)37(68)69)49-33(64)21(11-26(56)57)48-25(55)4-2-9-43-31(62)17-5-7-18(8-6-17)45-14-19-15-46-30-29(47-19)36(67)54-39(42)53-30/h5-8,15,20-24,38,44-45,70H,1-4,9-14,16,40-41H2,(H,43,62)(H,48,55)(H,49,64)(H,50,63)(H,51,65)(H,52,66)(H,56,57)(H,58,59)(H,60,61)(H,68,69)(H3,42,46,53,54,67)/t20-,21-,22-,23-,24-/m1/s1. The number of H-pyrrole nitrogens is 1. The van der Waals surface area contributed by atoms with E-state index in [2.05, 4.69) is 64.5 Å². The van der Waals surface area contributed by atoms with Crippen LogP contribution in [-0.2, 0) is 49.7 Å². The Morgan fingerprint density at radius 1 is 0.686 bits per heavy atom. The van der Waals surface area contributed by atoms with Crippen molar-refractivity contribution in [3.05, 3.63) is 52.1 Å². The molecule has 30 nitrogen and oxygen atoms in total. The molecule has 3 rings (SSSR count). The van der Waals surface area contributed by atoms with Crippen molar-refractivity contribution in [1.82, 2.24) is 57.2 Å². The Morgan fingerprint density at radius 3 is 1.74 bits per heavy atom. The zero-order valence-corrected chi connectivity index (χ0v) is 37.8. The van der Waals surface area contributed by atoms with Crippen LogP contribution in [0.2, 0.25) is 0 Å². The van der Waals surface area contributed by atoms with Gasteiger partial charge in [-0.25, -0.2) is 14.8 Å². The quantitative estimate of drug-likeness (QED) is 0.0169. The summed E-state index contributed by atoms with van der Waals surface area (Å²) >= 11 is 3.80. The predicted octanol–water partition coefficient (Wildman–Crippen LogP) is -5.15. The minimum Gasteiger partial charge on any atom is -0.481 e. The van der Waals surface area contributed by atoms with E-state index in [-0.39, 0.29) is 68.0 Å². The molecule has 0 aliphatic heterocycles. The fraction of sp³-hybridized carbons (Fsp3) is 0.436. The number of carbonyl (C=O) groups excluding carboxylic acids is 6. The van der Waals surface area contributed by atoms with Crippen LogP contribution in [-0.4, -0.2) is 155 Å². The van der Waals surface area contributed by atoms with Crippen molar-refractivity contribution in [2.75, 3.05) is 29.9 Å². The van der Waals surface area contributed by atoms with Gasteiger partial charge in [0.25, 0.3) is 11.5 Å². The number of nitrogens with zero attached hydrogens (tertiary/aromatic N) is 3. The summed E-state index contributed by atoms with van der Waals surface area (Å²) in [5.41, 5.74) is 17.3. The maximum Gasteiger partial charge on any atom is 0.327 e. The van der Waals surface area contributed by atoms with Gasteiger partial charge >= 0.3 is 23.9 Å². The number of carbonyl (C=O) groups is 10. The molecule has 0 fully saturated rings. The maximum absolute atomic E-state index is 13.6. The van der Waals surface area contributed by atoms with E-state index in [1.165, 1.54) is 18.3 Å². The van der Waals surface area contributed by atoms with Crippen LogP contribution in [0.25, 0.3) is 11.2 Å². The van der Waals surface area contributed by atoms with E-state index in [0.717, 1.165) is 0 Å². The highest BCUT2D eigenvalue weighted by Crippen LogP contribution is 2.12. The molecule has 0 aliphatic rings. The fourth-order valence-electron chi connectivity index (χ4n) is 6.08. The first-order valence-corrected chi connectivity index (χ1v) is 21.6. The molecule has 31 heteroatoms. The van der Waals surface area contributed by atoms with Crippen LogP contribution >= 0.6 is 12.6 Å². The molecule has 2 aromatic heterocycles. The highest BCUT2D eigenvalue weighted by atomic mass is 32.1. The Hall–Kier alpha value is -8.03. The average Bonchev–Trinajstić information content (AvgIpc) is 3.28. The smallest absolute Gasteiger partial charge is 0.327 e. The van der Waals surface area contributed by atoms with Crippen LogP contribution in [0, 0.1) is 0 Å². The maximum atomic E-state index is 13.6. The van der Waals surface area contributed by atoms with Crippen molar-refractivity contribution in [3.8, 4) is 0 Å². The van der Waals surface area contributed by atoms with E-state index < -0.39 is 126 Å². The Labute approximate surface area is 400 Å². The summed E-state index contributed by atoms with van der Waals surface area (Å²) in [6.45, 7) is 0.185. The van der Waals surface area contributed by atoms with Crippen molar-refractivity contribution in [3.63, 3.8) is 0 Å². The summed E-state index contributed by atoms with van der Waals surface area (Å²) in [7, 11) is 0. The number of amides is 6. The molecule has 19 N–H and O–H groups in total. The molecule has 0 bridgehead atoms. The van der Waals surface area contributed by atoms with Crippen LogP contribution in [0.15, 0.2) is 35.3 Å². The Balaban J connectivity index is 1.62. The number of rotatable bonds is 30. The van der Waals surface area contributed by atoms with E-state index in [4.69, 9.17) is 17.2 Å². The van der Waals surface area contributed by atoms with Crippen LogP contribution in [0.1, 0.15) is 61.0 Å². The van der Waals surface area contributed by atoms with E-state index in [9.17, 15) is 73.2 Å². The molecule has 1 aromatic carbocycles. The highest BCUT2D eigenvalue weighted by molar-refractivity contribution is 7.80. The molecule has 70 heavy (non-hydrogen) atoms. The highest BCUT2D eigenvalue weighted by Gasteiger charge is 2.34. The van der Waals surface area contributed by atoms with E-state index in [0.29, 0.717) is 11.4 Å². The van der Waals surface area contributed by atoms with Gasteiger partial charge in [0.2, 0.25) is 35.5 Å². The van der Waals surface area contributed by atoms with Gasteiger partial charge in [0, 0.05) is 30.0 Å². The summed E-state index contributed by atoms with van der Waals surface area (Å²) in [6, 6.07) is -2.80. The first-order valence-electron chi connectivity index (χ1n) is 20.9. The molecule has 6 amide bonds. The van der Waals surface area contributed by atoms with Crippen LogP contribution in [0.5, 0.6) is 0 Å². The first kappa shape index (κ1) is 56.3. The first-order chi connectivity index (χ1) is 33.1. The van der Waals surface area contributed by atoms with Gasteiger partial charge < -0.3 is 74.8 Å². The van der Waals surface area contributed by atoms with E-state index >= 15 is 0 Å². The van der Waals surface area contributed by atoms with Gasteiger partial charge in [0.15, 0.2) is 11.2 Å². The molecule has 0 spiro atoms. The van der Waals surface area contributed by atoms with E-state index in [1.54, 1.807) is 12.1 Å². The number of nitrogens with one attached hydrogen (secondary N) is 9. The number of thiol groups is 1. The third-order valence-corrected chi connectivity index (χ3v) is 9.87. The SMILES string of the molecule is Nc1nc2ncc(CNc3ccc(C(=O)NCCCC(=O)N[C@H](CC(=O)O)C(=O)N[C@H](CCCNC(N)N)C(=O)N[C@H](CC(=O)O)C(=O)N[C@H](CC(=O)O)C(=O)N[C@H](CS)C(=O)O)cc3)nc2c(=O)[nH]1. The number of hydrogen-bond acceptors (Lipinski definition) is 20. The van der Waals surface area contributed by atoms with Crippen LogP contribution in [0.3, 0.4) is 0 Å². The third kappa shape index (κ3) is 19.3. The second-order valence-corrected chi connectivity index (χ2v) is 15.4. The topological polar surface area (TPSA) is 497 Å². The minimum atomic E-state index is -2.03. The van der Waals surface area contributed by atoms with Gasteiger partial charge in [-0.15, -0.1) is 0 Å². The normalized spacial score (nSPS) is 13.1. The van der Waals surface area contributed by atoms with Crippen molar-refractivity contribution < 1.29 is 68.4 Å². The molecule has 0 saturated carbocycles. The molecule has 5 atom stereocenters. The number of carboxylic acids is 4. The monoisotopic (exact) mass is 1000 g/mol. The van der Waals surface area contributed by atoms with Gasteiger partial charge in [-0.1, -0.05) is 0 Å². The van der Waals surface area contributed by atoms with Crippen molar-refractivity contribution in [2.45, 2.75) is 88.0 Å². The lowest BCUT2D eigenvalue weighted by Gasteiger charge is -2.26.